The molecule has 0 aromatic carbocycles. The van der Waals surface area contributed by atoms with Crippen LogP contribution < -0.4 is 5.32 Å². The molecule has 88 valence electrons. The standard InChI is InChI=1S/C9H5Br3N4O/c10-4-1-5(13-2-4)9(17)16-8-7(12)15-6(11)3-14-8/h1-3,13H,(H,14,16,17). The van der Waals surface area contributed by atoms with Crippen molar-refractivity contribution < 1.29 is 4.79 Å². The van der Waals surface area contributed by atoms with Crippen molar-refractivity contribution in [2.45, 2.75) is 0 Å². The van der Waals surface area contributed by atoms with Gasteiger partial charge in [0.25, 0.3) is 5.91 Å². The van der Waals surface area contributed by atoms with Gasteiger partial charge in [-0.2, -0.15) is 0 Å². The molecule has 17 heavy (non-hydrogen) atoms. The van der Waals surface area contributed by atoms with Crippen LogP contribution in [0.5, 0.6) is 0 Å². The molecule has 0 bridgehead atoms. The van der Waals surface area contributed by atoms with E-state index < -0.39 is 0 Å². The molecular weight excluding hydrogens is 420 g/mol. The lowest BCUT2D eigenvalue weighted by molar-refractivity contribution is 0.102. The lowest BCUT2D eigenvalue weighted by Gasteiger charge is -2.04. The van der Waals surface area contributed by atoms with Gasteiger partial charge < -0.3 is 10.3 Å². The fraction of sp³-hybridized carbons (Fsp3) is 0. The lowest BCUT2D eigenvalue weighted by atomic mass is 10.4. The van der Waals surface area contributed by atoms with Crippen LogP contribution in [-0.2, 0) is 0 Å². The minimum atomic E-state index is -0.284. The van der Waals surface area contributed by atoms with Crippen LogP contribution in [-0.4, -0.2) is 20.9 Å². The van der Waals surface area contributed by atoms with E-state index in [1.54, 1.807) is 12.3 Å². The highest BCUT2D eigenvalue weighted by Gasteiger charge is 2.11. The third-order valence-electron chi connectivity index (χ3n) is 1.82. The molecule has 0 unspecified atom stereocenters. The zero-order chi connectivity index (χ0) is 12.4. The zero-order valence-corrected chi connectivity index (χ0v) is 12.9. The van der Waals surface area contributed by atoms with Gasteiger partial charge in [-0.25, -0.2) is 9.97 Å². The van der Waals surface area contributed by atoms with Crippen molar-refractivity contribution in [1.29, 1.82) is 0 Å². The van der Waals surface area contributed by atoms with Gasteiger partial charge in [-0.3, -0.25) is 4.79 Å². The zero-order valence-electron chi connectivity index (χ0n) is 8.17. The van der Waals surface area contributed by atoms with E-state index in [4.69, 9.17) is 0 Å². The summed E-state index contributed by atoms with van der Waals surface area (Å²) in [7, 11) is 0. The van der Waals surface area contributed by atoms with Crippen LogP contribution in [0, 0.1) is 0 Å². The van der Waals surface area contributed by atoms with Crippen LogP contribution in [0.4, 0.5) is 5.82 Å². The second-order valence-corrected chi connectivity index (χ2v) is 5.50. The van der Waals surface area contributed by atoms with Gasteiger partial charge in [0.05, 0.1) is 6.20 Å². The van der Waals surface area contributed by atoms with Crippen molar-refractivity contribution in [3.05, 3.63) is 37.8 Å². The molecular formula is C9H5Br3N4O. The SMILES string of the molecule is O=C(Nc1ncc(Br)nc1Br)c1cc(Br)c[nH]1. The van der Waals surface area contributed by atoms with E-state index in [-0.39, 0.29) is 5.91 Å². The smallest absolute Gasteiger partial charge is 0.273 e. The monoisotopic (exact) mass is 422 g/mol. The summed E-state index contributed by atoms with van der Waals surface area (Å²) in [5, 5.41) is 2.63. The number of anilines is 1. The largest absolute Gasteiger partial charge is 0.356 e. The number of hydrogen-bond acceptors (Lipinski definition) is 3. The number of carbonyl (C=O) groups excluding carboxylic acids is 1. The molecule has 0 radical (unpaired) electrons. The Balaban J connectivity index is 2.18. The number of aromatic amines is 1. The number of nitrogens with zero attached hydrogens (tertiary/aromatic N) is 2. The minimum absolute atomic E-state index is 0.284. The normalized spacial score (nSPS) is 10.3. The van der Waals surface area contributed by atoms with Crippen LogP contribution in [0.25, 0.3) is 0 Å². The topological polar surface area (TPSA) is 70.7 Å². The van der Waals surface area contributed by atoms with E-state index >= 15 is 0 Å². The molecule has 0 fully saturated rings. The summed E-state index contributed by atoms with van der Waals surface area (Å²) in [6, 6.07) is 1.68. The summed E-state index contributed by atoms with van der Waals surface area (Å²) in [6.45, 7) is 0. The fourth-order valence-electron chi connectivity index (χ4n) is 1.10. The molecule has 2 aromatic rings. The van der Waals surface area contributed by atoms with E-state index in [1.165, 1.54) is 6.20 Å². The van der Waals surface area contributed by atoms with E-state index in [9.17, 15) is 4.79 Å². The highest BCUT2D eigenvalue weighted by Crippen LogP contribution is 2.20. The maximum atomic E-state index is 11.8. The molecule has 0 aliphatic carbocycles. The van der Waals surface area contributed by atoms with Gasteiger partial charge in [0.15, 0.2) is 5.82 Å². The summed E-state index contributed by atoms with van der Waals surface area (Å²) in [5.74, 6) is 0.0805. The van der Waals surface area contributed by atoms with Crippen LogP contribution in [0.2, 0.25) is 0 Å². The van der Waals surface area contributed by atoms with Gasteiger partial charge in [-0.05, 0) is 53.9 Å². The first-order valence-electron chi connectivity index (χ1n) is 4.39. The van der Waals surface area contributed by atoms with Crippen LogP contribution in [0.3, 0.4) is 0 Å². The third kappa shape index (κ3) is 3.14. The predicted molar refractivity (Wildman–Crippen MR) is 73.9 cm³/mol. The van der Waals surface area contributed by atoms with Gasteiger partial charge in [0, 0.05) is 10.7 Å². The summed E-state index contributed by atoms with van der Waals surface area (Å²) >= 11 is 9.65. The molecule has 0 saturated heterocycles. The quantitative estimate of drug-likeness (QED) is 0.776. The number of carbonyl (C=O) groups is 1. The maximum absolute atomic E-state index is 11.8. The van der Waals surface area contributed by atoms with Gasteiger partial charge >= 0.3 is 0 Å². The molecule has 0 atom stereocenters. The molecule has 2 aromatic heterocycles. The highest BCUT2D eigenvalue weighted by atomic mass is 79.9. The van der Waals surface area contributed by atoms with E-state index in [0.717, 1.165) is 4.47 Å². The molecule has 0 aliphatic heterocycles. The average molecular weight is 425 g/mol. The lowest BCUT2D eigenvalue weighted by Crippen LogP contribution is -2.14. The molecule has 0 aliphatic rings. The van der Waals surface area contributed by atoms with Gasteiger partial charge in [0.2, 0.25) is 0 Å². The molecule has 0 saturated carbocycles. The third-order valence-corrected chi connectivity index (χ3v) is 3.22. The van der Waals surface area contributed by atoms with Crippen molar-refractivity contribution in [3.8, 4) is 0 Å². The highest BCUT2D eigenvalue weighted by molar-refractivity contribution is 9.11. The average Bonchev–Trinajstić information content (AvgIpc) is 2.69. The molecule has 2 heterocycles. The minimum Gasteiger partial charge on any atom is -0.356 e. The Morgan fingerprint density at radius 3 is 2.71 bits per heavy atom. The van der Waals surface area contributed by atoms with E-state index in [1.807, 2.05) is 0 Å². The Labute approximate surface area is 122 Å². The van der Waals surface area contributed by atoms with E-state index in [2.05, 4.69) is 68.1 Å². The number of rotatable bonds is 2. The number of nitrogens with one attached hydrogen (secondary N) is 2. The number of amides is 1. The van der Waals surface area contributed by atoms with Crippen LogP contribution in [0.15, 0.2) is 32.1 Å². The Bertz CT molecular complexity index is 569. The summed E-state index contributed by atoms with van der Waals surface area (Å²) in [6.07, 6.45) is 3.18. The van der Waals surface area contributed by atoms with Crippen molar-refractivity contribution in [3.63, 3.8) is 0 Å². The first-order valence-corrected chi connectivity index (χ1v) is 6.77. The first kappa shape index (κ1) is 12.7. The van der Waals surface area contributed by atoms with Gasteiger partial charge in [0.1, 0.15) is 14.9 Å². The first-order chi connectivity index (χ1) is 8.06. The molecule has 0 spiro atoms. The Morgan fingerprint density at radius 2 is 2.12 bits per heavy atom. The van der Waals surface area contributed by atoms with Crippen molar-refractivity contribution >= 4 is 59.5 Å². The summed E-state index contributed by atoms with van der Waals surface area (Å²) in [5.41, 5.74) is 0.438. The molecule has 1 amide bonds. The van der Waals surface area contributed by atoms with E-state index in [0.29, 0.717) is 20.7 Å². The molecule has 8 heteroatoms. The summed E-state index contributed by atoms with van der Waals surface area (Å²) in [4.78, 5) is 22.7. The number of halogens is 3. The Morgan fingerprint density at radius 1 is 1.35 bits per heavy atom. The predicted octanol–water partition coefficient (Wildman–Crippen LogP) is 3.34. The molecule has 2 N–H and O–H groups in total. The van der Waals surface area contributed by atoms with Crippen molar-refractivity contribution in [2.24, 2.45) is 0 Å². The molecule has 5 nitrogen and oxygen atoms in total. The fourth-order valence-corrected chi connectivity index (χ4v) is 2.36. The van der Waals surface area contributed by atoms with Gasteiger partial charge in [-0.1, -0.05) is 0 Å². The van der Waals surface area contributed by atoms with Crippen LogP contribution in [0.1, 0.15) is 10.5 Å². The number of aromatic nitrogens is 3. The second-order valence-electron chi connectivity index (χ2n) is 3.02. The van der Waals surface area contributed by atoms with Crippen LogP contribution >= 0.6 is 47.8 Å². The summed E-state index contributed by atoms with van der Waals surface area (Å²) < 4.78 is 1.86. The number of hydrogen-bond donors (Lipinski definition) is 2. The second kappa shape index (κ2) is 5.28. The van der Waals surface area contributed by atoms with Crippen molar-refractivity contribution in [2.75, 3.05) is 5.32 Å². The Kier molecular flexibility index (Phi) is 3.95. The number of H-pyrrole nitrogens is 1. The maximum Gasteiger partial charge on any atom is 0.273 e. The van der Waals surface area contributed by atoms with Crippen molar-refractivity contribution in [1.82, 2.24) is 15.0 Å². The Hall–Kier alpha value is -0.730. The van der Waals surface area contributed by atoms with Gasteiger partial charge in [-0.15, -0.1) is 0 Å². The molecule has 2 rings (SSSR count).